The summed E-state index contributed by atoms with van der Waals surface area (Å²) < 4.78 is 5.87. The number of amides is 1. The molecule has 0 aliphatic rings. The van der Waals surface area contributed by atoms with Gasteiger partial charge in [-0.1, -0.05) is 71.4 Å². The van der Waals surface area contributed by atoms with E-state index in [-0.39, 0.29) is 22.2 Å². The highest BCUT2D eigenvalue weighted by atomic mass is 35.5. The van der Waals surface area contributed by atoms with E-state index in [0.29, 0.717) is 32.5 Å². The average molecular weight is 548 g/mol. The summed E-state index contributed by atoms with van der Waals surface area (Å²) in [7, 11) is 0. The van der Waals surface area contributed by atoms with E-state index in [9.17, 15) is 9.59 Å². The van der Waals surface area contributed by atoms with E-state index in [0.717, 1.165) is 11.1 Å². The van der Waals surface area contributed by atoms with Crippen LogP contribution in [0.25, 0.3) is 11.0 Å². The maximum absolute atomic E-state index is 13.3. The fourth-order valence-corrected chi connectivity index (χ4v) is 4.92. The zero-order valence-corrected chi connectivity index (χ0v) is 21.8. The molecule has 184 valence electrons. The summed E-state index contributed by atoms with van der Waals surface area (Å²) in [6.45, 7) is 2.04. The maximum Gasteiger partial charge on any atom is 0.276 e. The van der Waals surface area contributed by atoms with Gasteiger partial charge in [-0.05, 0) is 54.4 Å². The molecular weight excluding hydrogens is 529 g/mol. The van der Waals surface area contributed by atoms with Crippen LogP contribution in [0, 0.1) is 6.92 Å². The zero-order chi connectivity index (χ0) is 25.9. The standard InChI is InChI=1S/C28H19Cl2N3O3S/c1-16-6-2-3-7-18(16)15-37-28-31-14-21(30)24(33-28)27(35)32-23-20-8-4-5-9-22(20)36-26(23)25(34)17-10-12-19(29)13-11-17/h2-14H,15H2,1H3,(H,32,35). The second-order valence-electron chi connectivity index (χ2n) is 8.16. The number of nitrogens with zero attached hydrogens (tertiary/aromatic N) is 2. The summed E-state index contributed by atoms with van der Waals surface area (Å²) in [5, 5.41) is 4.38. The first-order chi connectivity index (χ1) is 17.9. The molecule has 1 amide bonds. The van der Waals surface area contributed by atoms with Crippen LogP contribution in [0.2, 0.25) is 10.0 Å². The summed E-state index contributed by atoms with van der Waals surface area (Å²) in [5.74, 6) is -0.342. The number of nitrogens with one attached hydrogen (secondary N) is 1. The molecule has 0 bridgehead atoms. The van der Waals surface area contributed by atoms with Crippen molar-refractivity contribution in [1.82, 2.24) is 9.97 Å². The summed E-state index contributed by atoms with van der Waals surface area (Å²) in [6.07, 6.45) is 1.40. The summed E-state index contributed by atoms with van der Waals surface area (Å²) >= 11 is 13.7. The number of furan rings is 1. The van der Waals surface area contributed by atoms with Gasteiger partial charge in [-0.15, -0.1) is 0 Å². The highest BCUT2D eigenvalue weighted by Crippen LogP contribution is 2.33. The molecule has 0 radical (unpaired) electrons. The number of aromatic nitrogens is 2. The zero-order valence-electron chi connectivity index (χ0n) is 19.5. The van der Waals surface area contributed by atoms with Crippen molar-refractivity contribution < 1.29 is 14.0 Å². The number of thioether (sulfide) groups is 1. The predicted octanol–water partition coefficient (Wildman–Crippen LogP) is 7.61. The lowest BCUT2D eigenvalue weighted by Gasteiger charge is -2.09. The van der Waals surface area contributed by atoms with Crippen LogP contribution >= 0.6 is 35.0 Å². The van der Waals surface area contributed by atoms with Crippen molar-refractivity contribution in [1.29, 1.82) is 0 Å². The lowest BCUT2D eigenvalue weighted by molar-refractivity contribution is 0.101. The molecule has 0 spiro atoms. The third-order valence-electron chi connectivity index (χ3n) is 5.70. The molecule has 9 heteroatoms. The van der Waals surface area contributed by atoms with Gasteiger partial charge in [0.1, 0.15) is 5.58 Å². The molecule has 0 aliphatic heterocycles. The molecule has 37 heavy (non-hydrogen) atoms. The summed E-state index contributed by atoms with van der Waals surface area (Å²) in [5.41, 5.74) is 3.37. The largest absolute Gasteiger partial charge is 0.450 e. The quantitative estimate of drug-likeness (QED) is 0.128. The van der Waals surface area contributed by atoms with Crippen LogP contribution in [0.5, 0.6) is 0 Å². The van der Waals surface area contributed by atoms with Gasteiger partial charge in [0.25, 0.3) is 5.91 Å². The molecule has 2 aromatic heterocycles. The Morgan fingerprint density at radius 1 is 0.973 bits per heavy atom. The molecule has 0 aliphatic carbocycles. The monoisotopic (exact) mass is 547 g/mol. The Morgan fingerprint density at radius 2 is 1.70 bits per heavy atom. The molecule has 2 heterocycles. The van der Waals surface area contributed by atoms with Crippen molar-refractivity contribution in [3.63, 3.8) is 0 Å². The smallest absolute Gasteiger partial charge is 0.276 e. The minimum absolute atomic E-state index is 0.000812. The van der Waals surface area contributed by atoms with E-state index in [1.807, 2.05) is 31.2 Å². The van der Waals surface area contributed by atoms with Crippen LogP contribution in [0.3, 0.4) is 0 Å². The number of hydrogen-bond acceptors (Lipinski definition) is 6. The molecule has 3 aromatic carbocycles. The molecule has 0 saturated carbocycles. The Balaban J connectivity index is 1.45. The van der Waals surface area contributed by atoms with E-state index in [1.54, 1.807) is 48.5 Å². The third kappa shape index (κ3) is 5.39. The second kappa shape index (κ2) is 10.8. The fraction of sp³-hybridized carbons (Fsp3) is 0.0714. The Labute approximate surface area is 227 Å². The van der Waals surface area contributed by atoms with Gasteiger partial charge in [0.2, 0.25) is 5.78 Å². The first-order valence-corrected chi connectivity index (χ1v) is 13.0. The first-order valence-electron chi connectivity index (χ1n) is 11.2. The van der Waals surface area contributed by atoms with Crippen molar-refractivity contribution in [3.05, 3.63) is 117 Å². The molecule has 0 fully saturated rings. The summed E-state index contributed by atoms with van der Waals surface area (Å²) in [4.78, 5) is 35.3. The van der Waals surface area contributed by atoms with Crippen LogP contribution < -0.4 is 5.32 Å². The van der Waals surface area contributed by atoms with Gasteiger partial charge in [0, 0.05) is 21.7 Å². The highest BCUT2D eigenvalue weighted by Gasteiger charge is 2.25. The van der Waals surface area contributed by atoms with E-state index >= 15 is 0 Å². The van der Waals surface area contributed by atoms with Gasteiger partial charge < -0.3 is 9.73 Å². The number of carbonyl (C=O) groups is 2. The lowest BCUT2D eigenvalue weighted by atomic mass is 10.1. The van der Waals surface area contributed by atoms with Crippen LogP contribution in [-0.2, 0) is 5.75 Å². The molecule has 6 nitrogen and oxygen atoms in total. The van der Waals surface area contributed by atoms with Crippen LogP contribution in [-0.4, -0.2) is 21.7 Å². The highest BCUT2D eigenvalue weighted by molar-refractivity contribution is 7.98. The van der Waals surface area contributed by atoms with E-state index < -0.39 is 11.7 Å². The number of para-hydroxylation sites is 1. The van der Waals surface area contributed by atoms with Gasteiger partial charge >= 0.3 is 0 Å². The number of fused-ring (bicyclic) bond motifs is 1. The number of carbonyl (C=O) groups excluding carboxylic acids is 2. The van der Waals surface area contributed by atoms with E-state index in [1.165, 1.54) is 18.0 Å². The van der Waals surface area contributed by atoms with Crippen LogP contribution in [0.4, 0.5) is 5.69 Å². The molecular formula is C28H19Cl2N3O3S. The number of aryl methyl sites for hydroxylation is 1. The number of anilines is 1. The fourth-order valence-electron chi connectivity index (χ4n) is 3.73. The lowest BCUT2D eigenvalue weighted by Crippen LogP contribution is -2.17. The van der Waals surface area contributed by atoms with Crippen molar-refractivity contribution in [2.45, 2.75) is 17.8 Å². The average Bonchev–Trinajstić information content (AvgIpc) is 3.27. The molecule has 1 N–H and O–H groups in total. The number of halogens is 2. The molecule has 0 atom stereocenters. The van der Waals surface area contributed by atoms with Crippen molar-refractivity contribution in [2.75, 3.05) is 5.32 Å². The van der Waals surface area contributed by atoms with Crippen molar-refractivity contribution >= 4 is 63.3 Å². The Morgan fingerprint density at radius 3 is 2.49 bits per heavy atom. The molecule has 0 saturated heterocycles. The third-order valence-corrected chi connectivity index (χ3v) is 7.14. The van der Waals surface area contributed by atoms with Crippen LogP contribution in [0.1, 0.15) is 37.7 Å². The van der Waals surface area contributed by atoms with Gasteiger partial charge in [-0.25, -0.2) is 9.97 Å². The minimum Gasteiger partial charge on any atom is -0.450 e. The number of benzene rings is 3. The van der Waals surface area contributed by atoms with E-state index in [2.05, 4.69) is 15.3 Å². The SMILES string of the molecule is Cc1ccccc1CSc1ncc(Cl)c(C(=O)Nc2c(C(=O)c3ccc(Cl)cc3)oc3ccccc23)n1. The number of hydrogen-bond donors (Lipinski definition) is 1. The predicted molar refractivity (Wildman–Crippen MR) is 147 cm³/mol. The second-order valence-corrected chi connectivity index (χ2v) is 9.94. The van der Waals surface area contributed by atoms with Gasteiger partial charge in [0.05, 0.1) is 16.9 Å². The number of rotatable bonds is 7. The minimum atomic E-state index is -0.582. The number of ketones is 1. The van der Waals surface area contributed by atoms with Gasteiger partial charge in [-0.2, -0.15) is 0 Å². The van der Waals surface area contributed by atoms with Gasteiger partial charge in [-0.3, -0.25) is 9.59 Å². The molecule has 0 unspecified atom stereocenters. The van der Waals surface area contributed by atoms with Crippen molar-refractivity contribution in [3.8, 4) is 0 Å². The first kappa shape index (κ1) is 25.0. The molecule has 5 aromatic rings. The van der Waals surface area contributed by atoms with Crippen LogP contribution in [0.15, 0.2) is 88.6 Å². The Kier molecular flexibility index (Phi) is 7.28. The Bertz CT molecular complexity index is 1630. The molecule has 5 rings (SSSR count). The maximum atomic E-state index is 13.3. The normalized spacial score (nSPS) is 11.0. The van der Waals surface area contributed by atoms with Gasteiger partial charge in [0.15, 0.2) is 16.6 Å². The van der Waals surface area contributed by atoms with Crippen molar-refractivity contribution in [2.24, 2.45) is 0 Å². The Hall–Kier alpha value is -3.65. The van der Waals surface area contributed by atoms with E-state index in [4.69, 9.17) is 27.6 Å². The topological polar surface area (TPSA) is 85.1 Å². The summed E-state index contributed by atoms with van der Waals surface area (Å²) in [6, 6.07) is 21.5.